The highest BCUT2D eigenvalue weighted by atomic mass is 19.1. The first kappa shape index (κ1) is 20.8. The second-order valence-electron chi connectivity index (χ2n) is 10.4. The van der Waals surface area contributed by atoms with E-state index in [0.717, 1.165) is 63.4 Å². The van der Waals surface area contributed by atoms with E-state index in [1.54, 1.807) is 0 Å². The van der Waals surface area contributed by atoms with Crippen LogP contribution in [-0.4, -0.2) is 16.9 Å². The number of carbonyl (C=O) groups is 2. The molecule has 0 aromatic rings. The number of hydrogen-bond acceptors (Lipinski definition) is 2. The first-order chi connectivity index (χ1) is 13.7. The maximum absolute atomic E-state index is 14.5. The second-order valence-corrected chi connectivity index (χ2v) is 10.4. The monoisotopic (exact) mass is 402 g/mol. The molecule has 4 heteroatoms. The number of ketones is 1. The zero-order valence-electron chi connectivity index (χ0n) is 18.2. The van der Waals surface area contributed by atoms with Crippen molar-refractivity contribution in [3.8, 4) is 0 Å². The fraction of sp³-hybridized carbons (Fsp3) is 0.760. The van der Waals surface area contributed by atoms with Gasteiger partial charge in [-0.1, -0.05) is 32.8 Å². The van der Waals surface area contributed by atoms with Gasteiger partial charge in [-0.05, 0) is 97.5 Å². The summed E-state index contributed by atoms with van der Waals surface area (Å²) in [5.74, 6) is -0.503. The first-order valence-electron chi connectivity index (χ1n) is 11.6. The van der Waals surface area contributed by atoms with Crippen LogP contribution in [0.1, 0.15) is 91.4 Å². The molecule has 0 heterocycles. The lowest BCUT2D eigenvalue weighted by Crippen LogP contribution is -2.50. The molecule has 160 valence electrons. The van der Waals surface area contributed by atoms with Gasteiger partial charge in [0.25, 0.3) is 0 Å². The first-order valence-corrected chi connectivity index (χ1v) is 11.6. The molecule has 3 fully saturated rings. The van der Waals surface area contributed by atoms with Crippen molar-refractivity contribution in [3.63, 3.8) is 0 Å². The highest BCUT2D eigenvalue weighted by molar-refractivity contribution is 5.97. The number of unbranched alkanes of at least 4 members (excludes halogenated alkanes) is 1. The van der Waals surface area contributed by atoms with Crippen LogP contribution >= 0.6 is 0 Å². The molecule has 4 aliphatic rings. The summed E-state index contributed by atoms with van der Waals surface area (Å²) in [6.45, 7) is 6.69. The summed E-state index contributed by atoms with van der Waals surface area (Å²) < 4.78 is 14.5. The van der Waals surface area contributed by atoms with E-state index >= 15 is 0 Å². The Labute approximate surface area is 173 Å². The van der Waals surface area contributed by atoms with Crippen molar-refractivity contribution in [3.05, 3.63) is 22.5 Å². The Bertz CT molecular complexity index is 794. The van der Waals surface area contributed by atoms with Crippen LogP contribution in [0, 0.1) is 28.6 Å². The van der Waals surface area contributed by atoms with Crippen LogP contribution in [-0.2, 0) is 9.59 Å². The van der Waals surface area contributed by atoms with Gasteiger partial charge in [0.1, 0.15) is 0 Å². The van der Waals surface area contributed by atoms with Crippen LogP contribution in [0.25, 0.3) is 0 Å². The number of carboxylic acid groups (broad SMARTS) is 1. The third-order valence-corrected chi connectivity index (χ3v) is 9.26. The number of rotatable bonds is 4. The van der Waals surface area contributed by atoms with Crippen molar-refractivity contribution in [1.82, 2.24) is 0 Å². The summed E-state index contributed by atoms with van der Waals surface area (Å²) in [4.78, 5) is 24.0. The van der Waals surface area contributed by atoms with E-state index in [-0.39, 0.29) is 10.8 Å². The van der Waals surface area contributed by atoms with Gasteiger partial charge < -0.3 is 5.11 Å². The molecule has 0 aromatic heterocycles. The van der Waals surface area contributed by atoms with Crippen LogP contribution < -0.4 is 0 Å². The van der Waals surface area contributed by atoms with E-state index in [4.69, 9.17) is 0 Å². The summed E-state index contributed by atoms with van der Waals surface area (Å²) in [5.41, 5.74) is 2.92. The summed E-state index contributed by atoms with van der Waals surface area (Å²) in [6, 6.07) is 0. The van der Waals surface area contributed by atoms with Crippen LogP contribution in [0.5, 0.6) is 0 Å². The zero-order valence-corrected chi connectivity index (χ0v) is 18.2. The lowest BCUT2D eigenvalue weighted by atomic mass is 9.46. The van der Waals surface area contributed by atoms with Gasteiger partial charge in [0.15, 0.2) is 5.78 Å². The lowest BCUT2D eigenvalue weighted by Gasteiger charge is -2.58. The zero-order chi connectivity index (χ0) is 21.0. The van der Waals surface area contributed by atoms with Gasteiger partial charge in [0.05, 0.1) is 0 Å². The largest absolute Gasteiger partial charge is 0.476 e. The molecule has 0 unspecified atom stereocenters. The van der Waals surface area contributed by atoms with Crippen molar-refractivity contribution in [1.29, 1.82) is 0 Å². The number of fused-ring (bicyclic) bond motifs is 5. The van der Waals surface area contributed by atoms with Crippen LogP contribution in [0.4, 0.5) is 4.39 Å². The minimum Gasteiger partial charge on any atom is -0.476 e. The van der Waals surface area contributed by atoms with Crippen LogP contribution in [0.3, 0.4) is 0 Å². The van der Waals surface area contributed by atoms with E-state index in [9.17, 15) is 19.1 Å². The van der Waals surface area contributed by atoms with Gasteiger partial charge in [-0.25, -0.2) is 4.79 Å². The van der Waals surface area contributed by atoms with Gasteiger partial charge >= 0.3 is 5.97 Å². The number of Topliss-reactive ketones (excluding diaryl/α,β-unsaturated/α-hetero) is 1. The third kappa shape index (κ3) is 3.04. The van der Waals surface area contributed by atoms with Crippen molar-refractivity contribution in [2.45, 2.75) is 91.4 Å². The number of hydrogen-bond donors (Lipinski definition) is 1. The van der Waals surface area contributed by atoms with Crippen LogP contribution in [0.2, 0.25) is 0 Å². The molecule has 5 atom stereocenters. The van der Waals surface area contributed by atoms with Gasteiger partial charge in [0, 0.05) is 6.42 Å². The normalized spacial score (nSPS) is 41.0. The topological polar surface area (TPSA) is 54.4 Å². The average molecular weight is 403 g/mol. The number of halogens is 1. The minimum atomic E-state index is -1.41. The number of carbonyl (C=O) groups excluding carboxylic acids is 1. The molecule has 3 saturated carbocycles. The molecule has 4 rings (SSSR count). The predicted octanol–water partition coefficient (Wildman–Crippen LogP) is 6.39. The molecule has 0 bridgehead atoms. The van der Waals surface area contributed by atoms with Crippen LogP contribution in [0.15, 0.2) is 22.5 Å². The lowest BCUT2D eigenvalue weighted by molar-refractivity contribution is -0.134. The van der Waals surface area contributed by atoms with Crippen molar-refractivity contribution < 1.29 is 19.1 Å². The van der Waals surface area contributed by atoms with E-state index < -0.39 is 11.8 Å². The molecule has 4 aliphatic carbocycles. The van der Waals surface area contributed by atoms with Crippen molar-refractivity contribution in [2.24, 2.45) is 28.6 Å². The van der Waals surface area contributed by atoms with Crippen molar-refractivity contribution in [2.75, 3.05) is 0 Å². The maximum atomic E-state index is 14.5. The molecule has 0 aromatic carbocycles. The number of carboxylic acids is 1. The summed E-state index contributed by atoms with van der Waals surface area (Å²) in [7, 11) is 0. The molecular formula is C25H35FO3. The molecule has 0 amide bonds. The van der Waals surface area contributed by atoms with Crippen molar-refractivity contribution >= 4 is 11.8 Å². The van der Waals surface area contributed by atoms with Gasteiger partial charge in [-0.2, -0.15) is 4.39 Å². The highest BCUT2D eigenvalue weighted by Gasteiger charge is 2.59. The standard InChI is InChI=1S/C25H35FO3/c1-4-5-6-16-18-8-7-15-17-9-10-20(22(26)23(28)29)25(17,3)13-11-19(15)24(18,2)14-12-21(16)27/h15,17,19H,4-14H2,1-3H3,(H,28,29)/t15-,17-,19-,24-,25-/m0/s1. The Balaban J connectivity index is 1.68. The Morgan fingerprint density at radius 2 is 1.79 bits per heavy atom. The maximum Gasteiger partial charge on any atom is 0.364 e. The fourth-order valence-electron chi connectivity index (χ4n) is 7.77. The quantitative estimate of drug-likeness (QED) is 0.555. The molecule has 3 nitrogen and oxygen atoms in total. The van der Waals surface area contributed by atoms with E-state index in [2.05, 4.69) is 20.8 Å². The number of aliphatic carboxylic acids is 1. The van der Waals surface area contributed by atoms with E-state index in [1.165, 1.54) is 5.57 Å². The molecule has 29 heavy (non-hydrogen) atoms. The average Bonchev–Trinajstić information content (AvgIpc) is 3.04. The van der Waals surface area contributed by atoms with Gasteiger partial charge in [-0.3, -0.25) is 4.79 Å². The smallest absolute Gasteiger partial charge is 0.364 e. The Hall–Kier alpha value is -1.45. The third-order valence-electron chi connectivity index (χ3n) is 9.26. The van der Waals surface area contributed by atoms with Gasteiger partial charge in [0.2, 0.25) is 5.83 Å². The van der Waals surface area contributed by atoms with E-state index in [0.29, 0.717) is 42.0 Å². The summed E-state index contributed by atoms with van der Waals surface area (Å²) in [5, 5.41) is 9.23. The Kier molecular flexibility index (Phi) is 5.28. The molecular weight excluding hydrogens is 367 g/mol. The van der Waals surface area contributed by atoms with Gasteiger partial charge in [-0.15, -0.1) is 0 Å². The summed E-state index contributed by atoms with van der Waals surface area (Å²) >= 11 is 0. The highest BCUT2D eigenvalue weighted by Crippen LogP contribution is 2.67. The van der Waals surface area contributed by atoms with E-state index in [1.807, 2.05) is 0 Å². The molecule has 0 radical (unpaired) electrons. The predicted molar refractivity (Wildman–Crippen MR) is 111 cm³/mol. The second kappa shape index (κ2) is 7.35. The Morgan fingerprint density at radius 3 is 2.48 bits per heavy atom. The summed E-state index contributed by atoms with van der Waals surface area (Å²) in [6.07, 6.45) is 10.2. The molecule has 0 saturated heterocycles. The molecule has 1 N–H and O–H groups in total. The fourth-order valence-corrected chi connectivity index (χ4v) is 7.77. The number of allylic oxidation sites excluding steroid dienone is 2. The SMILES string of the molecule is CCCCC1=C2CC[C@@H]3[C@H](CC[C@]4(C)C(=C(F)C(=O)O)CC[C@@H]34)[C@@]2(C)CCC1=O. The molecule has 0 aliphatic heterocycles. The minimum absolute atomic E-state index is 0.0963. The Morgan fingerprint density at radius 1 is 1.07 bits per heavy atom. The molecule has 0 spiro atoms.